The van der Waals surface area contributed by atoms with Gasteiger partial charge < -0.3 is 5.32 Å². The number of aromatic nitrogens is 2. The lowest BCUT2D eigenvalue weighted by atomic mass is 9.86. The summed E-state index contributed by atoms with van der Waals surface area (Å²) in [6, 6.07) is 0.400. The van der Waals surface area contributed by atoms with E-state index in [2.05, 4.69) is 20.0 Å². The Morgan fingerprint density at radius 3 is 2.64 bits per heavy atom. The molecule has 2 aromatic rings. The van der Waals surface area contributed by atoms with E-state index in [1.165, 1.54) is 18.4 Å². The predicted octanol–water partition coefficient (Wildman–Crippen LogP) is 2.63. The van der Waals surface area contributed by atoms with E-state index < -0.39 is 10.2 Å². The van der Waals surface area contributed by atoms with Crippen LogP contribution in [0, 0.1) is 5.92 Å². The number of thiazole rings is 2. The van der Waals surface area contributed by atoms with Crippen LogP contribution in [0.4, 0.5) is 5.13 Å². The largest absolute Gasteiger partial charge is 0.359 e. The van der Waals surface area contributed by atoms with Gasteiger partial charge in [-0.05, 0) is 31.6 Å². The average Bonchev–Trinajstić information content (AvgIpc) is 3.25. The molecule has 0 unspecified atom stereocenters. The number of anilines is 1. The number of hydrogen-bond donors (Lipinski definition) is 2. The van der Waals surface area contributed by atoms with Gasteiger partial charge in [0, 0.05) is 43.6 Å². The SMILES string of the molecule is CN(C)S(=O)(=O)NCC1CCC(Nc2nc(-c3nccs3)cs2)CC1. The minimum atomic E-state index is -3.32. The second-order valence-electron chi connectivity index (χ2n) is 6.37. The topological polar surface area (TPSA) is 87.2 Å². The van der Waals surface area contributed by atoms with Gasteiger partial charge in [-0.25, -0.2) is 14.7 Å². The Bertz CT molecular complexity index is 765. The summed E-state index contributed by atoms with van der Waals surface area (Å²) in [5.74, 6) is 0.398. The number of nitrogens with one attached hydrogen (secondary N) is 2. The van der Waals surface area contributed by atoms with E-state index >= 15 is 0 Å². The first kappa shape index (κ1) is 18.7. The Hall–Kier alpha value is -1.07. The smallest absolute Gasteiger partial charge is 0.278 e. The molecule has 0 atom stereocenters. The Labute approximate surface area is 156 Å². The van der Waals surface area contributed by atoms with Crippen LogP contribution in [-0.4, -0.2) is 49.4 Å². The summed E-state index contributed by atoms with van der Waals surface area (Å²) < 4.78 is 27.4. The van der Waals surface area contributed by atoms with Crippen molar-refractivity contribution in [2.75, 3.05) is 26.0 Å². The second-order valence-corrected chi connectivity index (χ2v) is 10.1. The highest BCUT2D eigenvalue weighted by Gasteiger charge is 2.24. The third kappa shape index (κ3) is 4.98. The normalized spacial score (nSPS) is 21.6. The van der Waals surface area contributed by atoms with Crippen LogP contribution in [0.25, 0.3) is 10.7 Å². The summed E-state index contributed by atoms with van der Waals surface area (Å²) in [7, 11) is -0.246. The lowest BCUT2D eigenvalue weighted by Gasteiger charge is -2.29. The lowest BCUT2D eigenvalue weighted by Crippen LogP contribution is -2.39. The molecule has 1 saturated carbocycles. The number of rotatable bonds is 7. The molecular weight excluding hydrogens is 378 g/mol. The maximum absolute atomic E-state index is 11.8. The molecular formula is C15H23N5O2S3. The molecule has 2 N–H and O–H groups in total. The van der Waals surface area contributed by atoms with E-state index in [9.17, 15) is 8.42 Å². The van der Waals surface area contributed by atoms with Crippen LogP contribution in [0.5, 0.6) is 0 Å². The fraction of sp³-hybridized carbons (Fsp3) is 0.600. The van der Waals surface area contributed by atoms with Gasteiger partial charge in [0.05, 0.1) is 0 Å². The molecule has 7 nitrogen and oxygen atoms in total. The molecule has 0 radical (unpaired) electrons. The summed E-state index contributed by atoms with van der Waals surface area (Å²) in [5, 5.41) is 9.37. The van der Waals surface area contributed by atoms with Crippen LogP contribution in [0.15, 0.2) is 17.0 Å². The van der Waals surface area contributed by atoms with Gasteiger partial charge in [-0.2, -0.15) is 12.7 Å². The highest BCUT2D eigenvalue weighted by molar-refractivity contribution is 7.87. The van der Waals surface area contributed by atoms with E-state index in [0.717, 1.165) is 41.5 Å². The molecule has 2 heterocycles. The molecule has 138 valence electrons. The van der Waals surface area contributed by atoms with Crippen LogP contribution >= 0.6 is 22.7 Å². The van der Waals surface area contributed by atoms with E-state index in [1.807, 2.05) is 10.8 Å². The van der Waals surface area contributed by atoms with E-state index in [4.69, 9.17) is 0 Å². The molecule has 0 amide bonds. The minimum Gasteiger partial charge on any atom is -0.359 e. The van der Waals surface area contributed by atoms with Crippen molar-refractivity contribution in [3.05, 3.63) is 17.0 Å². The third-order valence-electron chi connectivity index (χ3n) is 4.37. The van der Waals surface area contributed by atoms with Crippen molar-refractivity contribution < 1.29 is 8.42 Å². The summed E-state index contributed by atoms with van der Waals surface area (Å²) in [5.41, 5.74) is 0.925. The van der Waals surface area contributed by atoms with Gasteiger partial charge in [-0.1, -0.05) is 0 Å². The summed E-state index contributed by atoms with van der Waals surface area (Å²) in [4.78, 5) is 8.90. The van der Waals surface area contributed by atoms with Crippen molar-refractivity contribution in [2.24, 2.45) is 5.92 Å². The standard InChI is InChI=1S/C15H23N5O2S3/c1-20(2)25(21,22)17-9-11-3-5-12(6-4-11)18-15-19-13(10-24-15)14-16-7-8-23-14/h7-8,10-12,17H,3-6,9H2,1-2H3,(H,18,19). The second kappa shape index (κ2) is 8.09. The highest BCUT2D eigenvalue weighted by Crippen LogP contribution is 2.30. The van der Waals surface area contributed by atoms with Crippen molar-refractivity contribution in [3.8, 4) is 10.7 Å². The Morgan fingerprint density at radius 1 is 1.24 bits per heavy atom. The zero-order chi connectivity index (χ0) is 17.9. The van der Waals surface area contributed by atoms with Crippen molar-refractivity contribution in [3.63, 3.8) is 0 Å². The molecule has 1 aliphatic rings. The van der Waals surface area contributed by atoms with Crippen molar-refractivity contribution in [1.82, 2.24) is 19.0 Å². The molecule has 3 rings (SSSR count). The lowest BCUT2D eigenvalue weighted by molar-refractivity contribution is 0.335. The molecule has 1 fully saturated rings. The van der Waals surface area contributed by atoms with Crippen LogP contribution in [0.3, 0.4) is 0 Å². The van der Waals surface area contributed by atoms with Gasteiger partial charge in [0.15, 0.2) is 5.13 Å². The Morgan fingerprint density at radius 2 is 2.00 bits per heavy atom. The summed E-state index contributed by atoms with van der Waals surface area (Å²) in [6.45, 7) is 0.513. The zero-order valence-electron chi connectivity index (χ0n) is 14.3. The summed E-state index contributed by atoms with van der Waals surface area (Å²) in [6.07, 6.45) is 5.87. The van der Waals surface area contributed by atoms with Crippen molar-refractivity contribution in [1.29, 1.82) is 0 Å². The molecule has 0 bridgehead atoms. The molecule has 0 saturated heterocycles. The Kier molecular flexibility index (Phi) is 6.05. The van der Waals surface area contributed by atoms with E-state index in [1.54, 1.807) is 28.9 Å². The van der Waals surface area contributed by atoms with Gasteiger partial charge in [-0.3, -0.25) is 0 Å². The third-order valence-corrected chi connectivity index (χ3v) is 7.43. The zero-order valence-corrected chi connectivity index (χ0v) is 16.8. The quantitative estimate of drug-likeness (QED) is 0.745. The first-order valence-corrected chi connectivity index (χ1v) is 11.4. The average molecular weight is 402 g/mol. The van der Waals surface area contributed by atoms with Crippen LogP contribution in [0.2, 0.25) is 0 Å². The molecule has 25 heavy (non-hydrogen) atoms. The first-order chi connectivity index (χ1) is 11.9. The minimum absolute atomic E-state index is 0.398. The fourth-order valence-electron chi connectivity index (χ4n) is 2.83. The molecule has 10 heteroatoms. The summed E-state index contributed by atoms with van der Waals surface area (Å²) >= 11 is 3.20. The van der Waals surface area contributed by atoms with Crippen molar-refractivity contribution in [2.45, 2.75) is 31.7 Å². The van der Waals surface area contributed by atoms with Gasteiger partial charge in [0.1, 0.15) is 10.7 Å². The predicted molar refractivity (Wildman–Crippen MR) is 103 cm³/mol. The van der Waals surface area contributed by atoms with Gasteiger partial charge in [0.25, 0.3) is 10.2 Å². The molecule has 0 aromatic carbocycles. The molecule has 2 aromatic heterocycles. The molecule has 0 aliphatic heterocycles. The van der Waals surface area contributed by atoms with E-state index in [-0.39, 0.29) is 0 Å². The van der Waals surface area contributed by atoms with Crippen LogP contribution < -0.4 is 10.0 Å². The Balaban J connectivity index is 1.45. The first-order valence-electron chi connectivity index (χ1n) is 8.23. The number of hydrogen-bond acceptors (Lipinski definition) is 7. The van der Waals surface area contributed by atoms with E-state index in [0.29, 0.717) is 18.5 Å². The molecule has 1 aliphatic carbocycles. The maximum Gasteiger partial charge on any atom is 0.278 e. The van der Waals surface area contributed by atoms with Gasteiger partial charge >= 0.3 is 0 Å². The molecule has 0 spiro atoms. The van der Waals surface area contributed by atoms with Crippen LogP contribution in [0.1, 0.15) is 25.7 Å². The van der Waals surface area contributed by atoms with Crippen LogP contribution in [-0.2, 0) is 10.2 Å². The van der Waals surface area contributed by atoms with Gasteiger partial charge in [-0.15, -0.1) is 22.7 Å². The maximum atomic E-state index is 11.8. The number of nitrogens with zero attached hydrogens (tertiary/aromatic N) is 3. The fourth-order valence-corrected chi connectivity index (χ4v) is 4.98. The van der Waals surface area contributed by atoms with Gasteiger partial charge in [0.2, 0.25) is 0 Å². The monoisotopic (exact) mass is 401 g/mol. The highest BCUT2D eigenvalue weighted by atomic mass is 32.2. The van der Waals surface area contributed by atoms with Crippen molar-refractivity contribution >= 4 is 38.0 Å².